The topological polar surface area (TPSA) is 118 Å². The van der Waals surface area contributed by atoms with E-state index in [1.165, 1.54) is 0 Å². The van der Waals surface area contributed by atoms with E-state index in [4.69, 9.17) is 9.66 Å². The lowest BCUT2D eigenvalue weighted by molar-refractivity contribution is -0.163. The third-order valence-corrected chi connectivity index (χ3v) is 1.43. The first-order valence-corrected chi connectivity index (χ1v) is 4.29. The molecule has 0 saturated carbocycles. The molecule has 8 heteroatoms. The number of rotatable bonds is 3. The molecule has 2 N–H and O–H groups in total. The number of aliphatic carboxylic acids is 1. The minimum atomic E-state index is -4.22. The zero-order valence-electron chi connectivity index (χ0n) is 5.76. The highest BCUT2D eigenvalue weighted by molar-refractivity contribution is 7.85. The monoisotopic (exact) mass is 198 g/mol. The first-order chi connectivity index (χ1) is 5.33. The third kappa shape index (κ3) is 5.62. The van der Waals surface area contributed by atoms with Crippen molar-refractivity contribution in [1.82, 2.24) is 0 Å². The van der Waals surface area contributed by atoms with E-state index in [1.807, 2.05) is 0 Å². The summed E-state index contributed by atoms with van der Waals surface area (Å²) in [6.07, 6.45) is 0. The fourth-order valence-corrected chi connectivity index (χ4v) is 0.595. The van der Waals surface area contributed by atoms with E-state index in [-0.39, 0.29) is 0 Å². The molecular formula is C4H6O7S. The maximum absolute atomic E-state index is 10.1. The fraction of sp³-hybridized carbons (Fsp3) is 0.500. The van der Waals surface area contributed by atoms with E-state index >= 15 is 0 Å². The van der Waals surface area contributed by atoms with Crippen LogP contribution in [0.2, 0.25) is 0 Å². The van der Waals surface area contributed by atoms with Gasteiger partial charge in [0.15, 0.2) is 0 Å². The minimum Gasteiger partial charge on any atom is -0.473 e. The lowest BCUT2D eigenvalue weighted by Gasteiger charge is -1.98. The number of hydrogen-bond acceptors (Lipinski definition) is 5. The van der Waals surface area contributed by atoms with Crippen molar-refractivity contribution in [2.75, 3.05) is 12.4 Å². The quantitative estimate of drug-likeness (QED) is 0.322. The molecule has 0 fully saturated rings. The average Bonchev–Trinajstić information content (AvgIpc) is 1.84. The smallest absolute Gasteiger partial charge is 0.417 e. The second-order valence-corrected chi connectivity index (χ2v) is 3.30. The summed E-state index contributed by atoms with van der Waals surface area (Å²) >= 11 is 0. The maximum atomic E-state index is 10.1. The highest BCUT2D eigenvalue weighted by Gasteiger charge is 2.14. The molecule has 0 bridgehead atoms. The molecule has 0 saturated heterocycles. The average molecular weight is 198 g/mol. The van der Waals surface area contributed by atoms with Crippen LogP contribution in [0.5, 0.6) is 0 Å². The molecule has 0 aliphatic heterocycles. The van der Waals surface area contributed by atoms with Gasteiger partial charge in [-0.15, -0.1) is 0 Å². The van der Waals surface area contributed by atoms with Crippen LogP contribution >= 0.6 is 0 Å². The van der Waals surface area contributed by atoms with Gasteiger partial charge in [0.2, 0.25) is 0 Å². The van der Waals surface area contributed by atoms with Crippen molar-refractivity contribution >= 4 is 22.1 Å². The summed E-state index contributed by atoms with van der Waals surface area (Å²) in [5.41, 5.74) is 0. The molecule has 0 heterocycles. The van der Waals surface area contributed by atoms with Gasteiger partial charge in [-0.2, -0.15) is 8.42 Å². The molecule has 12 heavy (non-hydrogen) atoms. The van der Waals surface area contributed by atoms with Gasteiger partial charge in [0.1, 0.15) is 12.4 Å². The standard InChI is InChI=1S/C4H6O7S/c5-3(6)4(7)11-1-2-12(8,9)10/h1-2H2,(H,5,6)(H,8,9,10). The van der Waals surface area contributed by atoms with Crippen LogP contribution in [-0.4, -0.2) is 42.4 Å². The Morgan fingerprint density at radius 1 is 1.33 bits per heavy atom. The number of carbonyl (C=O) groups excluding carboxylic acids is 1. The molecule has 0 aromatic heterocycles. The van der Waals surface area contributed by atoms with Crippen LogP contribution in [0.3, 0.4) is 0 Å². The van der Waals surface area contributed by atoms with Crippen molar-refractivity contribution in [1.29, 1.82) is 0 Å². The van der Waals surface area contributed by atoms with Crippen molar-refractivity contribution in [3.05, 3.63) is 0 Å². The Kier molecular flexibility index (Phi) is 3.64. The molecular weight excluding hydrogens is 192 g/mol. The van der Waals surface area contributed by atoms with Gasteiger partial charge in [-0.05, 0) is 0 Å². The second kappa shape index (κ2) is 4.02. The van der Waals surface area contributed by atoms with Gasteiger partial charge in [0.05, 0.1) is 0 Å². The van der Waals surface area contributed by atoms with Gasteiger partial charge in [0.25, 0.3) is 10.1 Å². The van der Waals surface area contributed by atoms with E-state index in [1.54, 1.807) is 0 Å². The van der Waals surface area contributed by atoms with Gasteiger partial charge in [-0.1, -0.05) is 0 Å². The van der Waals surface area contributed by atoms with Crippen molar-refractivity contribution in [3.63, 3.8) is 0 Å². The van der Waals surface area contributed by atoms with Crippen LogP contribution in [-0.2, 0) is 24.4 Å². The number of esters is 1. The van der Waals surface area contributed by atoms with Crippen LogP contribution in [0.1, 0.15) is 0 Å². The normalized spacial score (nSPS) is 10.8. The Balaban J connectivity index is 3.73. The number of ether oxygens (including phenoxy) is 1. The van der Waals surface area contributed by atoms with Crippen LogP contribution in [0.25, 0.3) is 0 Å². The van der Waals surface area contributed by atoms with Crippen LogP contribution < -0.4 is 0 Å². The first kappa shape index (κ1) is 10.8. The van der Waals surface area contributed by atoms with Gasteiger partial charge >= 0.3 is 11.9 Å². The van der Waals surface area contributed by atoms with Crippen molar-refractivity contribution in [3.8, 4) is 0 Å². The maximum Gasteiger partial charge on any atom is 0.417 e. The van der Waals surface area contributed by atoms with Crippen LogP contribution in [0.15, 0.2) is 0 Å². The predicted molar refractivity (Wildman–Crippen MR) is 35.0 cm³/mol. The molecule has 0 aliphatic carbocycles. The second-order valence-electron chi connectivity index (χ2n) is 1.73. The molecule has 0 atom stereocenters. The van der Waals surface area contributed by atoms with Gasteiger partial charge in [-0.25, -0.2) is 9.59 Å². The number of hydrogen-bond donors (Lipinski definition) is 2. The minimum absolute atomic E-state index is 0.677. The summed E-state index contributed by atoms with van der Waals surface area (Å²) in [6, 6.07) is 0. The van der Waals surface area contributed by atoms with E-state index in [0.717, 1.165) is 0 Å². The summed E-state index contributed by atoms with van der Waals surface area (Å²) in [6.45, 7) is -0.677. The van der Waals surface area contributed by atoms with Gasteiger partial charge in [0, 0.05) is 0 Å². The van der Waals surface area contributed by atoms with E-state index < -0.39 is 34.4 Å². The molecule has 0 aliphatic rings. The number of carbonyl (C=O) groups is 2. The van der Waals surface area contributed by atoms with Crippen molar-refractivity contribution < 1.29 is 32.4 Å². The van der Waals surface area contributed by atoms with Crippen molar-refractivity contribution in [2.45, 2.75) is 0 Å². The van der Waals surface area contributed by atoms with Crippen molar-refractivity contribution in [2.24, 2.45) is 0 Å². The van der Waals surface area contributed by atoms with E-state index in [0.29, 0.717) is 0 Å². The SMILES string of the molecule is O=C(O)C(=O)OCCS(=O)(=O)O. The lowest BCUT2D eigenvalue weighted by atomic mass is 10.7. The Hall–Kier alpha value is -1.15. The highest BCUT2D eigenvalue weighted by atomic mass is 32.2. The Morgan fingerprint density at radius 2 is 1.83 bits per heavy atom. The summed E-state index contributed by atoms with van der Waals surface area (Å²) in [7, 11) is -4.22. The fourth-order valence-electron chi connectivity index (χ4n) is 0.301. The molecule has 0 aromatic rings. The van der Waals surface area contributed by atoms with Crippen LogP contribution in [0, 0.1) is 0 Å². The third-order valence-electron chi connectivity index (χ3n) is 0.749. The van der Waals surface area contributed by atoms with Gasteiger partial charge < -0.3 is 9.84 Å². The van der Waals surface area contributed by atoms with E-state index in [2.05, 4.69) is 4.74 Å². The largest absolute Gasteiger partial charge is 0.473 e. The molecule has 0 unspecified atom stereocenters. The summed E-state index contributed by atoms with van der Waals surface area (Å²) in [5, 5.41) is 7.92. The zero-order valence-corrected chi connectivity index (χ0v) is 6.57. The number of carboxylic acids is 1. The Labute approximate surface area is 67.7 Å². The Morgan fingerprint density at radius 3 is 2.17 bits per heavy atom. The molecule has 0 radical (unpaired) electrons. The first-order valence-electron chi connectivity index (χ1n) is 2.68. The Bertz CT molecular complexity index is 276. The molecule has 0 aromatic carbocycles. The molecule has 0 rings (SSSR count). The van der Waals surface area contributed by atoms with Gasteiger partial charge in [-0.3, -0.25) is 4.55 Å². The van der Waals surface area contributed by atoms with Crippen LogP contribution in [0.4, 0.5) is 0 Å². The number of carboxylic acid groups (broad SMARTS) is 1. The predicted octanol–water partition coefficient (Wildman–Crippen LogP) is -1.50. The molecule has 7 nitrogen and oxygen atoms in total. The zero-order chi connectivity index (χ0) is 9.78. The van der Waals surface area contributed by atoms with E-state index in [9.17, 15) is 18.0 Å². The summed E-state index contributed by atoms with van der Waals surface area (Å²) in [5.74, 6) is -4.18. The lowest BCUT2D eigenvalue weighted by Crippen LogP contribution is -2.20. The summed E-state index contributed by atoms with van der Waals surface area (Å²) < 4.78 is 32.0. The molecule has 70 valence electrons. The molecule has 0 amide bonds. The highest BCUT2D eigenvalue weighted by Crippen LogP contribution is 1.84. The molecule has 0 spiro atoms. The summed E-state index contributed by atoms with van der Waals surface area (Å²) in [4.78, 5) is 19.9.